The third kappa shape index (κ3) is 4.74. The van der Waals surface area contributed by atoms with Crippen molar-refractivity contribution in [1.82, 2.24) is 9.88 Å². The van der Waals surface area contributed by atoms with Crippen molar-refractivity contribution in [2.75, 3.05) is 12.3 Å². The first-order valence-corrected chi connectivity index (χ1v) is 10.4. The number of hydrogen-bond donors (Lipinski definition) is 2. The molecule has 1 aromatic carbocycles. The SMILES string of the molecule is CCCCNC(=O)c1cc(-c2ccc(N)cc2)n(CC2CCCCC2)c1C. The van der Waals surface area contributed by atoms with Crippen LogP contribution in [0.5, 0.6) is 0 Å². The van der Waals surface area contributed by atoms with Gasteiger partial charge in [0, 0.05) is 30.2 Å². The smallest absolute Gasteiger partial charge is 0.253 e. The van der Waals surface area contributed by atoms with Crippen molar-refractivity contribution >= 4 is 11.6 Å². The third-order valence-electron chi connectivity index (χ3n) is 5.80. The average Bonchev–Trinajstić information content (AvgIpc) is 3.00. The van der Waals surface area contributed by atoms with Gasteiger partial charge in [0.1, 0.15) is 0 Å². The summed E-state index contributed by atoms with van der Waals surface area (Å²) in [5, 5.41) is 3.07. The minimum absolute atomic E-state index is 0.0417. The number of unbranched alkanes of at least 4 members (excludes halogenated alkanes) is 1. The van der Waals surface area contributed by atoms with Crippen molar-refractivity contribution in [3.05, 3.63) is 41.6 Å². The van der Waals surface area contributed by atoms with Crippen LogP contribution in [-0.4, -0.2) is 17.0 Å². The molecule has 1 amide bonds. The molecule has 3 rings (SSSR count). The number of anilines is 1. The number of rotatable bonds is 7. The van der Waals surface area contributed by atoms with Crippen LogP contribution >= 0.6 is 0 Å². The van der Waals surface area contributed by atoms with Gasteiger partial charge < -0.3 is 15.6 Å². The quantitative estimate of drug-likeness (QED) is 0.525. The van der Waals surface area contributed by atoms with Crippen LogP contribution in [0.2, 0.25) is 0 Å². The highest BCUT2D eigenvalue weighted by molar-refractivity contribution is 5.97. The number of carbonyl (C=O) groups excluding carboxylic acids is 1. The Labute approximate surface area is 163 Å². The summed E-state index contributed by atoms with van der Waals surface area (Å²) in [4.78, 5) is 12.7. The maximum Gasteiger partial charge on any atom is 0.253 e. The summed E-state index contributed by atoms with van der Waals surface area (Å²) in [6.07, 6.45) is 8.68. The van der Waals surface area contributed by atoms with E-state index in [0.29, 0.717) is 5.92 Å². The van der Waals surface area contributed by atoms with Gasteiger partial charge in [0.15, 0.2) is 0 Å². The summed E-state index contributed by atoms with van der Waals surface area (Å²) in [5.74, 6) is 0.744. The van der Waals surface area contributed by atoms with Crippen molar-refractivity contribution in [2.24, 2.45) is 5.92 Å². The van der Waals surface area contributed by atoms with E-state index in [1.165, 1.54) is 32.1 Å². The second-order valence-electron chi connectivity index (χ2n) is 7.87. The summed E-state index contributed by atoms with van der Waals surface area (Å²) in [7, 11) is 0. The van der Waals surface area contributed by atoms with Crippen LogP contribution in [0.3, 0.4) is 0 Å². The number of nitrogen functional groups attached to an aromatic ring is 1. The maximum absolute atomic E-state index is 12.7. The van der Waals surface area contributed by atoms with Crippen molar-refractivity contribution < 1.29 is 4.79 Å². The van der Waals surface area contributed by atoms with E-state index < -0.39 is 0 Å². The first kappa shape index (κ1) is 19.5. The van der Waals surface area contributed by atoms with E-state index in [2.05, 4.69) is 41.9 Å². The monoisotopic (exact) mass is 367 g/mol. The van der Waals surface area contributed by atoms with Gasteiger partial charge in [-0.2, -0.15) is 0 Å². The van der Waals surface area contributed by atoms with Gasteiger partial charge in [-0.15, -0.1) is 0 Å². The van der Waals surface area contributed by atoms with E-state index in [9.17, 15) is 4.79 Å². The molecule has 2 aromatic rings. The number of nitrogens with one attached hydrogen (secondary N) is 1. The predicted molar refractivity (Wildman–Crippen MR) is 113 cm³/mol. The fourth-order valence-corrected chi connectivity index (χ4v) is 4.11. The molecule has 1 heterocycles. The number of carbonyl (C=O) groups is 1. The highest BCUT2D eigenvalue weighted by atomic mass is 16.1. The van der Waals surface area contributed by atoms with Gasteiger partial charge in [-0.25, -0.2) is 0 Å². The lowest BCUT2D eigenvalue weighted by Gasteiger charge is -2.24. The Morgan fingerprint density at radius 2 is 1.89 bits per heavy atom. The standard InChI is InChI=1S/C23H33N3O/c1-3-4-14-25-23(27)21-15-22(19-10-12-20(24)13-11-19)26(17(21)2)16-18-8-6-5-7-9-18/h10-13,15,18H,3-9,14,16,24H2,1-2H3,(H,25,27). The van der Waals surface area contributed by atoms with E-state index in [-0.39, 0.29) is 5.91 Å². The van der Waals surface area contributed by atoms with E-state index >= 15 is 0 Å². The number of aromatic nitrogens is 1. The van der Waals surface area contributed by atoms with Gasteiger partial charge in [0.05, 0.1) is 5.56 Å². The lowest BCUT2D eigenvalue weighted by molar-refractivity contribution is 0.0952. The van der Waals surface area contributed by atoms with Crippen molar-refractivity contribution in [3.8, 4) is 11.3 Å². The molecule has 0 spiro atoms. The Kier molecular flexibility index (Phi) is 6.59. The minimum atomic E-state index is 0.0417. The molecule has 1 saturated carbocycles. The lowest BCUT2D eigenvalue weighted by atomic mass is 9.89. The first-order valence-electron chi connectivity index (χ1n) is 10.4. The molecule has 146 valence electrons. The summed E-state index contributed by atoms with van der Waals surface area (Å²) in [6.45, 7) is 5.95. The molecule has 0 unspecified atom stereocenters. The first-order chi connectivity index (χ1) is 13.1. The summed E-state index contributed by atoms with van der Waals surface area (Å²) in [5.41, 5.74) is 10.8. The van der Waals surface area contributed by atoms with Crippen LogP contribution in [0.15, 0.2) is 30.3 Å². The van der Waals surface area contributed by atoms with Crippen LogP contribution in [0, 0.1) is 12.8 Å². The maximum atomic E-state index is 12.7. The largest absolute Gasteiger partial charge is 0.399 e. The Bertz CT molecular complexity index is 755. The molecule has 1 fully saturated rings. The molecule has 0 saturated heterocycles. The van der Waals surface area contributed by atoms with Crippen molar-refractivity contribution in [1.29, 1.82) is 0 Å². The van der Waals surface area contributed by atoms with Crippen LogP contribution < -0.4 is 11.1 Å². The van der Waals surface area contributed by atoms with Crippen LogP contribution in [0.1, 0.15) is 67.9 Å². The van der Waals surface area contributed by atoms with Crippen molar-refractivity contribution in [2.45, 2.75) is 65.3 Å². The van der Waals surface area contributed by atoms with Gasteiger partial charge in [-0.1, -0.05) is 44.7 Å². The minimum Gasteiger partial charge on any atom is -0.399 e. The molecule has 0 radical (unpaired) electrons. The summed E-state index contributed by atoms with van der Waals surface area (Å²) < 4.78 is 2.36. The molecule has 4 nitrogen and oxygen atoms in total. The molecule has 1 aromatic heterocycles. The molecule has 1 aliphatic carbocycles. The van der Waals surface area contributed by atoms with E-state index in [4.69, 9.17) is 5.73 Å². The van der Waals surface area contributed by atoms with Gasteiger partial charge in [0.25, 0.3) is 5.91 Å². The molecule has 3 N–H and O–H groups in total. The zero-order valence-corrected chi connectivity index (χ0v) is 16.8. The molecular weight excluding hydrogens is 334 g/mol. The number of benzene rings is 1. The predicted octanol–water partition coefficient (Wildman–Crippen LogP) is 5.16. The fraction of sp³-hybridized carbons (Fsp3) is 0.522. The lowest BCUT2D eigenvalue weighted by Crippen LogP contribution is -2.25. The summed E-state index contributed by atoms with van der Waals surface area (Å²) in [6, 6.07) is 10.0. The molecular formula is C23H33N3O. The average molecular weight is 368 g/mol. The second-order valence-corrected chi connectivity index (χ2v) is 7.87. The third-order valence-corrected chi connectivity index (χ3v) is 5.80. The van der Waals surface area contributed by atoms with Crippen LogP contribution in [-0.2, 0) is 6.54 Å². The van der Waals surface area contributed by atoms with Crippen molar-refractivity contribution in [3.63, 3.8) is 0 Å². The van der Waals surface area contributed by atoms with Gasteiger partial charge in [-0.05, 0) is 55.9 Å². The second kappa shape index (κ2) is 9.12. The Morgan fingerprint density at radius 3 is 2.56 bits per heavy atom. The van der Waals surface area contributed by atoms with Gasteiger partial charge in [0.2, 0.25) is 0 Å². The van der Waals surface area contributed by atoms with Crippen LogP contribution in [0.4, 0.5) is 5.69 Å². The topological polar surface area (TPSA) is 60.1 Å². The Morgan fingerprint density at radius 1 is 1.19 bits per heavy atom. The zero-order chi connectivity index (χ0) is 19.2. The molecule has 27 heavy (non-hydrogen) atoms. The highest BCUT2D eigenvalue weighted by Gasteiger charge is 2.21. The zero-order valence-electron chi connectivity index (χ0n) is 16.8. The molecule has 0 bridgehead atoms. The highest BCUT2D eigenvalue weighted by Crippen LogP contribution is 2.31. The molecule has 1 aliphatic rings. The van der Waals surface area contributed by atoms with Crippen LogP contribution in [0.25, 0.3) is 11.3 Å². The fourth-order valence-electron chi connectivity index (χ4n) is 4.11. The molecule has 0 atom stereocenters. The van der Waals surface area contributed by atoms with E-state index in [1.54, 1.807) is 0 Å². The summed E-state index contributed by atoms with van der Waals surface area (Å²) >= 11 is 0. The van der Waals surface area contributed by atoms with Gasteiger partial charge in [-0.3, -0.25) is 4.79 Å². The normalized spacial score (nSPS) is 15.0. The Balaban J connectivity index is 1.92. The number of nitrogens with two attached hydrogens (primary N) is 1. The molecule has 0 aliphatic heterocycles. The van der Waals surface area contributed by atoms with Gasteiger partial charge >= 0.3 is 0 Å². The molecule has 4 heteroatoms. The number of amides is 1. The number of hydrogen-bond acceptors (Lipinski definition) is 2. The van der Waals surface area contributed by atoms with E-state index in [0.717, 1.165) is 54.1 Å². The van der Waals surface area contributed by atoms with E-state index in [1.807, 2.05) is 12.1 Å². The number of nitrogens with zero attached hydrogens (tertiary/aromatic N) is 1. The Hall–Kier alpha value is -2.23.